The van der Waals surface area contributed by atoms with E-state index >= 15 is 0 Å². The van der Waals surface area contributed by atoms with E-state index in [0.29, 0.717) is 12.3 Å². The first-order valence-corrected chi connectivity index (χ1v) is 17.3. The number of amidine groups is 2. The van der Waals surface area contributed by atoms with Crippen LogP contribution in [-0.2, 0) is 6.42 Å². The van der Waals surface area contributed by atoms with Gasteiger partial charge in [-0.2, -0.15) is 0 Å². The van der Waals surface area contributed by atoms with Gasteiger partial charge < -0.3 is 4.57 Å². The maximum absolute atomic E-state index is 9.30. The highest BCUT2D eigenvalue weighted by Gasteiger charge is 2.19. The normalized spacial score (nSPS) is 12.8. The van der Waals surface area contributed by atoms with Crippen LogP contribution < -0.4 is 0 Å². The van der Waals surface area contributed by atoms with Crippen molar-refractivity contribution < 1.29 is 0 Å². The van der Waals surface area contributed by atoms with Gasteiger partial charge >= 0.3 is 0 Å². The number of aromatic nitrogens is 1. The molecule has 1 heterocycles. The second kappa shape index (κ2) is 15.0. The SMILES string of the molecule is C/C(=C\C(=C(/Cc1ccccc1)n1c2ccc(C)cc2c2cc(C)ccc21)c1ccccc1)C(=N)N=C(N=Cc1ccccc1)c1ccccc1. The van der Waals surface area contributed by atoms with Crippen LogP contribution in [0, 0.1) is 19.3 Å². The van der Waals surface area contributed by atoms with E-state index in [1.165, 1.54) is 27.5 Å². The third-order valence-corrected chi connectivity index (χ3v) is 9.08. The third-order valence-electron chi connectivity index (χ3n) is 9.08. The average molecular weight is 661 g/mol. The monoisotopic (exact) mass is 660 g/mol. The number of aliphatic imine (C=N–C) groups is 2. The Hall–Kier alpha value is -6.39. The maximum atomic E-state index is 9.30. The Labute approximate surface area is 300 Å². The Balaban J connectivity index is 1.46. The van der Waals surface area contributed by atoms with Gasteiger partial charge in [-0.05, 0) is 73.4 Å². The Morgan fingerprint density at radius 1 is 0.627 bits per heavy atom. The van der Waals surface area contributed by atoms with Crippen molar-refractivity contribution in [2.75, 3.05) is 0 Å². The van der Waals surface area contributed by atoms with E-state index in [1.807, 2.05) is 73.7 Å². The van der Waals surface area contributed by atoms with Crippen LogP contribution in [0.4, 0.5) is 0 Å². The lowest BCUT2D eigenvalue weighted by molar-refractivity contribution is 1.11. The average Bonchev–Trinajstić information content (AvgIpc) is 3.48. The first-order valence-electron chi connectivity index (χ1n) is 17.3. The molecule has 0 aliphatic carbocycles. The van der Waals surface area contributed by atoms with Crippen molar-refractivity contribution in [3.63, 3.8) is 0 Å². The van der Waals surface area contributed by atoms with Crippen molar-refractivity contribution in [1.82, 2.24) is 4.57 Å². The second-order valence-electron chi connectivity index (χ2n) is 12.9. The number of nitrogens with zero attached hydrogens (tertiary/aromatic N) is 3. The summed E-state index contributed by atoms with van der Waals surface area (Å²) in [4.78, 5) is 9.62. The summed E-state index contributed by atoms with van der Waals surface area (Å²) in [5.41, 5.74) is 11.7. The molecule has 51 heavy (non-hydrogen) atoms. The highest BCUT2D eigenvalue weighted by atomic mass is 15.0. The van der Waals surface area contributed by atoms with Crippen molar-refractivity contribution in [2.24, 2.45) is 9.98 Å². The Morgan fingerprint density at radius 3 is 1.71 bits per heavy atom. The van der Waals surface area contributed by atoms with E-state index < -0.39 is 0 Å². The summed E-state index contributed by atoms with van der Waals surface area (Å²) in [7, 11) is 0. The molecule has 6 aromatic carbocycles. The molecule has 0 spiro atoms. The highest BCUT2D eigenvalue weighted by molar-refractivity contribution is 6.15. The molecular weight excluding hydrogens is 621 g/mol. The van der Waals surface area contributed by atoms with Gasteiger partial charge in [-0.1, -0.05) is 145 Å². The van der Waals surface area contributed by atoms with Gasteiger partial charge in [-0.25, -0.2) is 9.98 Å². The number of hydrogen-bond acceptors (Lipinski definition) is 1. The summed E-state index contributed by atoms with van der Waals surface area (Å²) in [5, 5.41) is 11.8. The molecular formula is C47H40N4. The van der Waals surface area contributed by atoms with E-state index in [1.54, 1.807) is 6.21 Å². The van der Waals surface area contributed by atoms with Crippen molar-refractivity contribution in [3.8, 4) is 0 Å². The summed E-state index contributed by atoms with van der Waals surface area (Å²) in [5.74, 6) is 0.639. The van der Waals surface area contributed by atoms with Crippen LogP contribution in [0.5, 0.6) is 0 Å². The van der Waals surface area contributed by atoms with Crippen molar-refractivity contribution in [1.29, 1.82) is 5.41 Å². The van der Waals surface area contributed by atoms with Gasteiger partial charge in [0.1, 0.15) is 5.84 Å². The zero-order valence-corrected chi connectivity index (χ0v) is 29.2. The molecule has 1 aromatic heterocycles. The quantitative estimate of drug-likeness (QED) is 0.0958. The molecule has 0 radical (unpaired) electrons. The molecule has 4 nitrogen and oxygen atoms in total. The molecule has 7 rings (SSSR count). The van der Waals surface area contributed by atoms with Crippen LogP contribution in [0.3, 0.4) is 0 Å². The first kappa shape index (κ1) is 33.1. The summed E-state index contributed by atoms with van der Waals surface area (Å²) in [6.45, 7) is 6.28. The number of hydrogen-bond donors (Lipinski definition) is 1. The van der Waals surface area contributed by atoms with Crippen molar-refractivity contribution in [2.45, 2.75) is 27.2 Å². The zero-order valence-electron chi connectivity index (χ0n) is 29.2. The molecule has 0 unspecified atom stereocenters. The summed E-state index contributed by atoms with van der Waals surface area (Å²) in [6, 6.07) is 54.4. The Morgan fingerprint density at radius 2 is 1.14 bits per heavy atom. The second-order valence-corrected chi connectivity index (χ2v) is 12.9. The van der Waals surface area contributed by atoms with E-state index in [9.17, 15) is 5.41 Å². The van der Waals surface area contributed by atoms with Gasteiger partial charge in [0, 0.05) is 40.2 Å². The van der Waals surface area contributed by atoms with Crippen LogP contribution in [0.1, 0.15) is 40.3 Å². The number of benzene rings is 6. The molecule has 248 valence electrons. The predicted molar refractivity (Wildman–Crippen MR) is 217 cm³/mol. The van der Waals surface area contributed by atoms with Crippen LogP contribution in [0.2, 0.25) is 0 Å². The van der Waals surface area contributed by atoms with Gasteiger partial charge in [0.05, 0.1) is 11.0 Å². The summed E-state index contributed by atoms with van der Waals surface area (Å²) < 4.78 is 2.43. The topological polar surface area (TPSA) is 53.5 Å². The lowest BCUT2D eigenvalue weighted by Gasteiger charge is -2.19. The summed E-state index contributed by atoms with van der Waals surface area (Å²) in [6.07, 6.45) is 4.61. The van der Waals surface area contributed by atoms with Crippen LogP contribution in [0.15, 0.2) is 179 Å². The van der Waals surface area contributed by atoms with E-state index in [2.05, 4.69) is 115 Å². The molecule has 0 aliphatic heterocycles. The predicted octanol–water partition coefficient (Wildman–Crippen LogP) is 11.5. The number of allylic oxidation sites excluding steroid dienone is 3. The molecule has 0 atom stereocenters. The lowest BCUT2D eigenvalue weighted by atomic mass is 9.96. The molecule has 0 fully saturated rings. The minimum Gasteiger partial charge on any atom is -0.312 e. The molecule has 0 saturated carbocycles. The molecule has 1 N–H and O–H groups in total. The first-order chi connectivity index (χ1) is 24.9. The fourth-order valence-corrected chi connectivity index (χ4v) is 6.49. The van der Waals surface area contributed by atoms with Gasteiger partial charge in [0.15, 0.2) is 5.84 Å². The van der Waals surface area contributed by atoms with Gasteiger partial charge in [-0.15, -0.1) is 0 Å². The minimum atomic E-state index is 0.153. The molecule has 0 saturated heterocycles. The smallest absolute Gasteiger partial charge is 0.161 e. The van der Waals surface area contributed by atoms with E-state index in [0.717, 1.165) is 44.6 Å². The van der Waals surface area contributed by atoms with Crippen molar-refractivity contribution in [3.05, 3.63) is 203 Å². The molecule has 0 amide bonds. The number of fused-ring (bicyclic) bond motifs is 3. The van der Waals surface area contributed by atoms with Crippen LogP contribution in [-0.4, -0.2) is 22.5 Å². The van der Waals surface area contributed by atoms with Crippen LogP contribution in [0.25, 0.3) is 33.1 Å². The fourth-order valence-electron chi connectivity index (χ4n) is 6.49. The molecule has 0 aliphatic rings. The zero-order chi connectivity index (χ0) is 35.2. The number of aryl methyl sites for hydroxylation is 2. The largest absolute Gasteiger partial charge is 0.312 e. The van der Waals surface area contributed by atoms with Crippen LogP contribution >= 0.6 is 0 Å². The number of nitrogens with one attached hydrogen (secondary N) is 1. The lowest BCUT2D eigenvalue weighted by Crippen LogP contribution is -2.07. The van der Waals surface area contributed by atoms with Gasteiger partial charge in [-0.3, -0.25) is 5.41 Å². The van der Waals surface area contributed by atoms with Gasteiger partial charge in [0.2, 0.25) is 0 Å². The Kier molecular flexibility index (Phi) is 9.75. The molecule has 7 aromatic rings. The van der Waals surface area contributed by atoms with Crippen molar-refractivity contribution >= 4 is 51.0 Å². The number of rotatable bonds is 8. The molecule has 0 bridgehead atoms. The third kappa shape index (κ3) is 7.46. The molecule has 4 heteroatoms. The van der Waals surface area contributed by atoms with E-state index in [-0.39, 0.29) is 5.84 Å². The standard InChI is InChI=1S/C47H40N4/c1-33-24-26-43-41(28-33)42-29-34(2)25-27-44(42)51(43)45(31-36-16-8-4-9-17-36)40(38-20-12-6-13-21-38)30-35(3)46(48)50-47(39-22-14-7-15-23-39)49-32-37-18-10-5-11-19-37/h4-30,32,48H,31H2,1-3H3/b35-30+,45-40-,48-46?,49-32?,50-47?. The highest BCUT2D eigenvalue weighted by Crippen LogP contribution is 2.37. The van der Waals surface area contributed by atoms with Gasteiger partial charge in [0.25, 0.3) is 0 Å². The maximum Gasteiger partial charge on any atom is 0.161 e. The fraction of sp³-hybridized carbons (Fsp3) is 0.0851. The minimum absolute atomic E-state index is 0.153. The van der Waals surface area contributed by atoms with E-state index in [4.69, 9.17) is 9.98 Å². The Bertz CT molecular complexity index is 2390. The summed E-state index contributed by atoms with van der Waals surface area (Å²) >= 11 is 0.